The Balaban J connectivity index is 1.12. The van der Waals surface area contributed by atoms with E-state index in [4.69, 9.17) is 9.47 Å². The zero-order chi connectivity index (χ0) is 28.6. The first-order chi connectivity index (χ1) is 19.9. The average Bonchev–Trinajstić information content (AvgIpc) is 3.26. The fourth-order valence-electron chi connectivity index (χ4n) is 4.70. The van der Waals surface area contributed by atoms with Crippen molar-refractivity contribution in [2.45, 2.75) is 19.3 Å². The first-order valence-electron chi connectivity index (χ1n) is 13.9. The van der Waals surface area contributed by atoms with Gasteiger partial charge in [-0.2, -0.15) is 0 Å². The van der Waals surface area contributed by atoms with Gasteiger partial charge in [-0.25, -0.2) is 9.29 Å². The van der Waals surface area contributed by atoms with Gasteiger partial charge in [-0.15, -0.1) is 0 Å². The third-order valence-electron chi connectivity index (χ3n) is 7.08. The predicted octanol–water partition coefficient (Wildman–Crippen LogP) is 6.66. The molecule has 214 valence electrons. The molecular formula is C32H34FN3O4S. The Hall–Kier alpha value is -3.66. The second-order valence-corrected chi connectivity index (χ2v) is 11.2. The summed E-state index contributed by atoms with van der Waals surface area (Å²) in [6, 6.07) is 20.0. The maximum Gasteiger partial charge on any atom is 0.298 e. The number of thioether (sulfide) groups is 1. The van der Waals surface area contributed by atoms with Crippen LogP contribution in [-0.2, 0) is 4.79 Å². The standard InChI is InChI=1S/C32H34FN3O4S/c1-34-17-19-35(20-18-34)16-3-2-4-21-39-29-7-5-6-26(23-29)36-31(37)30(41-32(36)38)22-24-8-12-27(13-9-24)40-28-14-10-25(33)11-15-28/h5-15,22-23H,2-4,16-21H2,1H3. The van der Waals surface area contributed by atoms with Crippen LogP contribution in [-0.4, -0.2) is 67.3 Å². The SMILES string of the molecule is CN1CCN(CCCCCOc2cccc(N3C(=O)SC(=Cc4ccc(Oc5ccc(F)cc5)cc4)C3=O)c2)CC1. The quantitative estimate of drug-likeness (QED) is 0.187. The Kier molecular flexibility index (Phi) is 9.71. The monoisotopic (exact) mass is 575 g/mol. The van der Waals surface area contributed by atoms with Gasteiger partial charge in [-0.3, -0.25) is 9.59 Å². The number of carbonyl (C=O) groups excluding carboxylic acids is 2. The van der Waals surface area contributed by atoms with Crippen LogP contribution in [0, 0.1) is 5.82 Å². The summed E-state index contributed by atoms with van der Waals surface area (Å²) >= 11 is 0.909. The number of ether oxygens (including phenoxy) is 2. The fraction of sp³-hybridized carbons (Fsp3) is 0.312. The molecule has 41 heavy (non-hydrogen) atoms. The Morgan fingerprint density at radius 2 is 1.56 bits per heavy atom. The van der Waals surface area contributed by atoms with Crippen LogP contribution < -0.4 is 14.4 Å². The van der Waals surface area contributed by atoms with Crippen LogP contribution in [0.25, 0.3) is 6.08 Å². The first-order valence-corrected chi connectivity index (χ1v) is 14.7. The predicted molar refractivity (Wildman–Crippen MR) is 161 cm³/mol. The van der Waals surface area contributed by atoms with Crippen LogP contribution in [0.1, 0.15) is 24.8 Å². The minimum absolute atomic E-state index is 0.330. The molecule has 0 aromatic heterocycles. The smallest absolute Gasteiger partial charge is 0.298 e. The van der Waals surface area contributed by atoms with E-state index in [0.717, 1.165) is 69.3 Å². The summed E-state index contributed by atoms with van der Waals surface area (Å²) in [7, 11) is 2.17. The lowest BCUT2D eigenvalue weighted by molar-refractivity contribution is -0.113. The van der Waals surface area contributed by atoms with Crippen molar-refractivity contribution in [2.75, 3.05) is 51.3 Å². The molecule has 0 atom stereocenters. The normalized spacial score (nSPS) is 17.4. The molecule has 2 heterocycles. The second kappa shape index (κ2) is 13.8. The highest BCUT2D eigenvalue weighted by Crippen LogP contribution is 2.37. The molecular weight excluding hydrogens is 541 g/mol. The van der Waals surface area contributed by atoms with E-state index in [2.05, 4.69) is 16.8 Å². The van der Waals surface area contributed by atoms with Crippen LogP contribution in [0.15, 0.2) is 77.7 Å². The van der Waals surface area contributed by atoms with E-state index in [1.165, 1.54) is 17.0 Å². The summed E-state index contributed by atoms with van der Waals surface area (Å²) in [4.78, 5) is 32.4. The van der Waals surface area contributed by atoms with E-state index >= 15 is 0 Å². The Bertz CT molecular complexity index is 1370. The second-order valence-electron chi connectivity index (χ2n) is 10.2. The molecule has 2 aliphatic heterocycles. The van der Waals surface area contributed by atoms with Gasteiger partial charge in [0.05, 0.1) is 17.2 Å². The number of unbranched alkanes of at least 4 members (excludes halogenated alkanes) is 2. The van der Waals surface area contributed by atoms with Crippen LogP contribution in [0.4, 0.5) is 14.9 Å². The molecule has 0 aliphatic carbocycles. The van der Waals surface area contributed by atoms with Crippen molar-refractivity contribution in [3.8, 4) is 17.2 Å². The lowest BCUT2D eigenvalue weighted by Gasteiger charge is -2.32. The highest BCUT2D eigenvalue weighted by molar-refractivity contribution is 8.19. The molecule has 0 spiro atoms. The molecule has 2 amide bonds. The van der Waals surface area contributed by atoms with Crippen molar-refractivity contribution in [3.05, 3.63) is 89.1 Å². The van der Waals surface area contributed by atoms with Gasteiger partial charge in [-0.05, 0) is 105 Å². The lowest BCUT2D eigenvalue weighted by Crippen LogP contribution is -2.44. The average molecular weight is 576 g/mol. The number of amides is 2. The molecule has 3 aromatic rings. The van der Waals surface area contributed by atoms with E-state index in [0.29, 0.717) is 34.4 Å². The Morgan fingerprint density at radius 3 is 2.29 bits per heavy atom. The number of benzene rings is 3. The highest BCUT2D eigenvalue weighted by atomic mass is 32.2. The van der Waals surface area contributed by atoms with E-state index in [1.54, 1.807) is 60.7 Å². The maximum atomic E-state index is 13.2. The van der Waals surface area contributed by atoms with Crippen LogP contribution in [0.2, 0.25) is 0 Å². The van der Waals surface area contributed by atoms with Gasteiger partial charge < -0.3 is 19.3 Å². The summed E-state index contributed by atoms with van der Waals surface area (Å²) in [6.07, 6.45) is 4.89. The number of hydrogen-bond donors (Lipinski definition) is 0. The zero-order valence-electron chi connectivity index (χ0n) is 23.1. The molecule has 7 nitrogen and oxygen atoms in total. The van der Waals surface area contributed by atoms with Gasteiger partial charge in [-0.1, -0.05) is 18.2 Å². The number of nitrogens with zero attached hydrogens (tertiary/aromatic N) is 3. The summed E-state index contributed by atoms with van der Waals surface area (Å²) in [6.45, 7) is 6.28. The van der Waals surface area contributed by atoms with Crippen molar-refractivity contribution in [1.29, 1.82) is 0 Å². The number of rotatable bonds is 11. The number of piperazine rings is 1. The van der Waals surface area contributed by atoms with Crippen LogP contribution >= 0.6 is 11.8 Å². The number of likely N-dealkylation sites (N-methyl/N-ethyl adjacent to an activating group) is 1. The lowest BCUT2D eigenvalue weighted by atomic mass is 10.2. The van der Waals surface area contributed by atoms with Crippen molar-refractivity contribution in [1.82, 2.24) is 9.80 Å². The molecule has 0 radical (unpaired) electrons. The number of halogens is 1. The zero-order valence-corrected chi connectivity index (χ0v) is 23.9. The summed E-state index contributed by atoms with van der Waals surface area (Å²) < 4.78 is 24.8. The van der Waals surface area contributed by atoms with Crippen molar-refractivity contribution >= 4 is 34.7 Å². The van der Waals surface area contributed by atoms with E-state index in [-0.39, 0.29) is 17.0 Å². The van der Waals surface area contributed by atoms with Crippen LogP contribution in [0.3, 0.4) is 0 Å². The van der Waals surface area contributed by atoms with Gasteiger partial charge >= 0.3 is 0 Å². The number of carbonyl (C=O) groups is 2. The van der Waals surface area contributed by atoms with E-state index < -0.39 is 0 Å². The van der Waals surface area contributed by atoms with Gasteiger partial charge in [0, 0.05) is 32.2 Å². The van der Waals surface area contributed by atoms with Gasteiger partial charge in [0.2, 0.25) is 0 Å². The molecule has 3 aromatic carbocycles. The van der Waals surface area contributed by atoms with Crippen molar-refractivity contribution in [3.63, 3.8) is 0 Å². The Morgan fingerprint density at radius 1 is 0.854 bits per heavy atom. The molecule has 0 bridgehead atoms. The Labute approximate surface area is 244 Å². The first kappa shape index (κ1) is 28.9. The van der Waals surface area contributed by atoms with Gasteiger partial charge in [0.1, 0.15) is 23.1 Å². The maximum absolute atomic E-state index is 13.2. The molecule has 0 unspecified atom stereocenters. The molecule has 2 fully saturated rings. The summed E-state index contributed by atoms with van der Waals surface area (Å²) in [5.41, 5.74) is 1.25. The van der Waals surface area contributed by atoms with Crippen LogP contribution in [0.5, 0.6) is 17.2 Å². The highest BCUT2D eigenvalue weighted by Gasteiger charge is 2.36. The number of anilines is 1. The number of imide groups is 1. The molecule has 0 saturated carbocycles. The molecule has 2 saturated heterocycles. The van der Waals surface area contributed by atoms with E-state index in [9.17, 15) is 14.0 Å². The van der Waals surface area contributed by atoms with Crippen molar-refractivity contribution in [2.24, 2.45) is 0 Å². The molecule has 9 heteroatoms. The van der Waals surface area contributed by atoms with Gasteiger partial charge in [0.25, 0.3) is 11.1 Å². The summed E-state index contributed by atoms with van der Waals surface area (Å²) in [5.74, 6) is 1.04. The molecule has 5 rings (SSSR count). The van der Waals surface area contributed by atoms with Crippen molar-refractivity contribution < 1.29 is 23.5 Å². The number of hydrogen-bond acceptors (Lipinski definition) is 7. The third kappa shape index (κ3) is 7.97. The minimum atomic E-state index is -0.368. The largest absolute Gasteiger partial charge is 0.494 e. The molecule has 2 aliphatic rings. The minimum Gasteiger partial charge on any atom is -0.494 e. The fourth-order valence-corrected chi connectivity index (χ4v) is 5.54. The summed E-state index contributed by atoms with van der Waals surface area (Å²) in [5, 5.41) is -0.349. The molecule has 0 N–H and O–H groups in total. The third-order valence-corrected chi connectivity index (χ3v) is 7.95. The van der Waals surface area contributed by atoms with E-state index in [1.807, 2.05) is 6.07 Å². The van der Waals surface area contributed by atoms with Gasteiger partial charge in [0.15, 0.2) is 0 Å². The topological polar surface area (TPSA) is 62.3 Å².